The number of benzene rings is 1. The van der Waals surface area contributed by atoms with E-state index in [0.29, 0.717) is 6.04 Å². The van der Waals surface area contributed by atoms with Gasteiger partial charge in [-0.15, -0.1) is 0 Å². The summed E-state index contributed by atoms with van der Waals surface area (Å²) in [5.41, 5.74) is 1.40. The Hall–Kier alpha value is -0.340. The van der Waals surface area contributed by atoms with Crippen LogP contribution in [0.1, 0.15) is 44.2 Å². The Morgan fingerprint density at radius 1 is 1.47 bits per heavy atom. The van der Waals surface area contributed by atoms with Gasteiger partial charge in [0.1, 0.15) is 0 Å². The predicted molar refractivity (Wildman–Crippen MR) is 67.9 cm³/mol. The molecule has 82 valence electrons. The molecule has 1 fully saturated rings. The van der Waals surface area contributed by atoms with Gasteiger partial charge in [0.05, 0.1) is 0 Å². The van der Waals surface area contributed by atoms with Crippen LogP contribution in [0, 0.1) is 0 Å². The second kappa shape index (κ2) is 5.13. The van der Waals surface area contributed by atoms with Gasteiger partial charge >= 0.3 is 0 Å². The normalized spacial score (nSPS) is 18.5. The van der Waals surface area contributed by atoms with Crippen molar-refractivity contribution in [3.8, 4) is 0 Å². The fourth-order valence-electron chi connectivity index (χ4n) is 2.03. The second-order valence-electron chi connectivity index (χ2n) is 4.31. The third kappa shape index (κ3) is 2.82. The van der Waals surface area contributed by atoms with Gasteiger partial charge in [0, 0.05) is 16.6 Å². The third-order valence-electron chi connectivity index (χ3n) is 3.20. The molecule has 0 aromatic heterocycles. The predicted octanol–water partition coefficient (Wildman–Crippen LogP) is 4.04. The average Bonchev–Trinajstić information content (AvgIpc) is 2.16. The van der Waals surface area contributed by atoms with E-state index in [2.05, 4.69) is 52.4 Å². The summed E-state index contributed by atoms with van der Waals surface area (Å²) in [7, 11) is 0. The summed E-state index contributed by atoms with van der Waals surface area (Å²) in [5, 5.41) is 3.73. The minimum absolute atomic E-state index is 0.521. The van der Waals surface area contributed by atoms with E-state index in [1.165, 1.54) is 29.3 Å². The summed E-state index contributed by atoms with van der Waals surface area (Å²) in [6.45, 7) is 2.25. The number of hydrogen-bond donors (Lipinski definition) is 1. The molecular formula is C13H18BrN. The van der Waals surface area contributed by atoms with Crippen molar-refractivity contribution < 1.29 is 0 Å². The zero-order valence-electron chi connectivity index (χ0n) is 9.17. The molecule has 1 aliphatic carbocycles. The molecule has 1 N–H and O–H groups in total. The van der Waals surface area contributed by atoms with E-state index in [1.807, 2.05) is 0 Å². The van der Waals surface area contributed by atoms with Crippen LogP contribution in [0.3, 0.4) is 0 Å². The standard InChI is InChI=1S/C13H18BrN/c1-2-13(15-12-7-4-8-12)10-5-3-6-11(14)9-10/h3,5-6,9,12-13,15H,2,4,7-8H2,1H3. The number of rotatable bonds is 4. The van der Waals surface area contributed by atoms with Crippen LogP contribution in [0.5, 0.6) is 0 Å². The van der Waals surface area contributed by atoms with Crippen molar-refractivity contribution in [2.45, 2.75) is 44.7 Å². The van der Waals surface area contributed by atoms with Gasteiger partial charge in [-0.2, -0.15) is 0 Å². The Bertz CT molecular complexity index is 320. The minimum Gasteiger partial charge on any atom is -0.307 e. The Kier molecular flexibility index (Phi) is 3.81. The molecule has 1 atom stereocenters. The Morgan fingerprint density at radius 2 is 2.27 bits per heavy atom. The maximum absolute atomic E-state index is 3.73. The van der Waals surface area contributed by atoms with E-state index in [-0.39, 0.29) is 0 Å². The molecule has 0 radical (unpaired) electrons. The first-order valence-corrected chi connectivity index (χ1v) is 6.60. The topological polar surface area (TPSA) is 12.0 Å². The monoisotopic (exact) mass is 267 g/mol. The quantitative estimate of drug-likeness (QED) is 0.868. The van der Waals surface area contributed by atoms with Crippen molar-refractivity contribution in [1.82, 2.24) is 5.32 Å². The van der Waals surface area contributed by atoms with Gasteiger partial charge in [0.15, 0.2) is 0 Å². The van der Waals surface area contributed by atoms with E-state index < -0.39 is 0 Å². The van der Waals surface area contributed by atoms with Crippen LogP contribution in [0.4, 0.5) is 0 Å². The van der Waals surface area contributed by atoms with Gasteiger partial charge in [-0.25, -0.2) is 0 Å². The summed E-state index contributed by atoms with van der Waals surface area (Å²) >= 11 is 3.53. The van der Waals surface area contributed by atoms with E-state index >= 15 is 0 Å². The van der Waals surface area contributed by atoms with Crippen LogP contribution >= 0.6 is 15.9 Å². The van der Waals surface area contributed by atoms with Crippen molar-refractivity contribution in [2.24, 2.45) is 0 Å². The van der Waals surface area contributed by atoms with Crippen molar-refractivity contribution in [2.75, 3.05) is 0 Å². The first-order valence-electron chi connectivity index (χ1n) is 5.81. The SMILES string of the molecule is CCC(NC1CCC1)c1cccc(Br)c1. The fourth-order valence-corrected chi connectivity index (χ4v) is 2.45. The lowest BCUT2D eigenvalue weighted by molar-refractivity contribution is 0.301. The number of halogens is 1. The van der Waals surface area contributed by atoms with Crippen LogP contribution in [0.2, 0.25) is 0 Å². The minimum atomic E-state index is 0.521. The smallest absolute Gasteiger partial charge is 0.0320 e. The average molecular weight is 268 g/mol. The molecular weight excluding hydrogens is 250 g/mol. The third-order valence-corrected chi connectivity index (χ3v) is 3.69. The summed E-state index contributed by atoms with van der Waals surface area (Å²) in [4.78, 5) is 0. The lowest BCUT2D eigenvalue weighted by Gasteiger charge is -2.31. The molecule has 1 saturated carbocycles. The van der Waals surface area contributed by atoms with E-state index in [1.54, 1.807) is 0 Å². The second-order valence-corrected chi connectivity index (χ2v) is 5.23. The molecule has 0 amide bonds. The van der Waals surface area contributed by atoms with Crippen LogP contribution in [0.15, 0.2) is 28.7 Å². The summed E-state index contributed by atoms with van der Waals surface area (Å²) in [5.74, 6) is 0. The molecule has 0 spiro atoms. The van der Waals surface area contributed by atoms with Gasteiger partial charge in [-0.1, -0.05) is 41.4 Å². The molecule has 0 aliphatic heterocycles. The molecule has 1 aromatic rings. The highest BCUT2D eigenvalue weighted by Gasteiger charge is 2.20. The summed E-state index contributed by atoms with van der Waals surface area (Å²) < 4.78 is 1.17. The molecule has 0 saturated heterocycles. The Morgan fingerprint density at radius 3 is 2.80 bits per heavy atom. The molecule has 1 nitrogen and oxygen atoms in total. The summed E-state index contributed by atoms with van der Waals surface area (Å²) in [6, 6.07) is 9.91. The first kappa shape index (κ1) is 11.2. The molecule has 2 rings (SSSR count). The largest absolute Gasteiger partial charge is 0.307 e. The molecule has 1 aromatic carbocycles. The van der Waals surface area contributed by atoms with E-state index in [9.17, 15) is 0 Å². The number of nitrogens with one attached hydrogen (secondary N) is 1. The molecule has 1 unspecified atom stereocenters. The van der Waals surface area contributed by atoms with Crippen LogP contribution in [-0.4, -0.2) is 6.04 Å². The van der Waals surface area contributed by atoms with Gasteiger partial charge in [0.2, 0.25) is 0 Å². The van der Waals surface area contributed by atoms with E-state index in [4.69, 9.17) is 0 Å². The highest BCUT2D eigenvalue weighted by atomic mass is 79.9. The van der Waals surface area contributed by atoms with Crippen LogP contribution < -0.4 is 5.32 Å². The zero-order chi connectivity index (χ0) is 10.7. The molecule has 0 heterocycles. The lowest BCUT2D eigenvalue weighted by atomic mass is 9.91. The lowest BCUT2D eigenvalue weighted by Crippen LogP contribution is -2.37. The van der Waals surface area contributed by atoms with Gasteiger partial charge in [-0.3, -0.25) is 0 Å². The van der Waals surface area contributed by atoms with Crippen molar-refractivity contribution in [1.29, 1.82) is 0 Å². The molecule has 15 heavy (non-hydrogen) atoms. The van der Waals surface area contributed by atoms with Crippen molar-refractivity contribution >= 4 is 15.9 Å². The van der Waals surface area contributed by atoms with Gasteiger partial charge in [0.25, 0.3) is 0 Å². The molecule has 0 bridgehead atoms. The molecule has 1 aliphatic rings. The van der Waals surface area contributed by atoms with Crippen LogP contribution in [-0.2, 0) is 0 Å². The van der Waals surface area contributed by atoms with Gasteiger partial charge in [-0.05, 0) is 37.0 Å². The molecule has 2 heteroatoms. The highest BCUT2D eigenvalue weighted by Crippen LogP contribution is 2.26. The number of hydrogen-bond acceptors (Lipinski definition) is 1. The summed E-state index contributed by atoms with van der Waals surface area (Å²) in [6.07, 6.45) is 5.26. The maximum Gasteiger partial charge on any atom is 0.0320 e. The maximum atomic E-state index is 3.73. The van der Waals surface area contributed by atoms with E-state index in [0.717, 1.165) is 12.5 Å². The van der Waals surface area contributed by atoms with Crippen molar-refractivity contribution in [3.63, 3.8) is 0 Å². The highest BCUT2D eigenvalue weighted by molar-refractivity contribution is 9.10. The fraction of sp³-hybridized carbons (Fsp3) is 0.538. The zero-order valence-corrected chi connectivity index (χ0v) is 10.8. The Labute approximate surface area is 100 Å². The Balaban J connectivity index is 2.04. The first-order chi connectivity index (χ1) is 7.29. The van der Waals surface area contributed by atoms with Crippen LogP contribution in [0.25, 0.3) is 0 Å². The van der Waals surface area contributed by atoms with Crippen molar-refractivity contribution in [3.05, 3.63) is 34.3 Å². The van der Waals surface area contributed by atoms with Gasteiger partial charge < -0.3 is 5.32 Å².